The first-order valence-electron chi connectivity index (χ1n) is 7.09. The van der Waals surface area contributed by atoms with E-state index in [2.05, 4.69) is 5.10 Å². The van der Waals surface area contributed by atoms with Gasteiger partial charge in [-0.2, -0.15) is 31.4 Å². The van der Waals surface area contributed by atoms with Crippen LogP contribution in [-0.2, 0) is 10.4 Å². The molecular formula is C15H13F6N3O2. The van der Waals surface area contributed by atoms with Crippen molar-refractivity contribution in [1.29, 1.82) is 0 Å². The van der Waals surface area contributed by atoms with Crippen molar-refractivity contribution in [2.45, 2.75) is 31.3 Å². The zero-order valence-electron chi connectivity index (χ0n) is 13.2. The van der Waals surface area contributed by atoms with Gasteiger partial charge in [-0.1, -0.05) is 18.2 Å². The van der Waals surface area contributed by atoms with Gasteiger partial charge in [0.05, 0.1) is 23.4 Å². The second kappa shape index (κ2) is 6.31. The third-order valence-corrected chi connectivity index (χ3v) is 3.71. The van der Waals surface area contributed by atoms with Crippen LogP contribution in [0.4, 0.5) is 32.2 Å². The van der Waals surface area contributed by atoms with Crippen LogP contribution in [0.3, 0.4) is 0 Å². The fourth-order valence-electron chi connectivity index (χ4n) is 2.49. The molecule has 26 heavy (non-hydrogen) atoms. The Balaban J connectivity index is 2.64. The highest BCUT2D eigenvalue weighted by Gasteiger charge is 2.61. The maximum absolute atomic E-state index is 13.4. The van der Waals surface area contributed by atoms with Crippen molar-refractivity contribution < 1.29 is 36.2 Å². The first-order chi connectivity index (χ1) is 11.8. The second-order valence-electron chi connectivity index (χ2n) is 5.55. The summed E-state index contributed by atoms with van der Waals surface area (Å²) in [5.74, 6) is -3.45. The minimum atomic E-state index is -5.60. The second-order valence-corrected chi connectivity index (χ2v) is 5.55. The molecule has 0 fully saturated rings. The molecular weight excluding hydrogens is 368 g/mol. The number of aromatic nitrogens is 2. The number of aliphatic hydroxyl groups is 1. The van der Waals surface area contributed by atoms with Crippen LogP contribution in [0.25, 0.3) is 5.69 Å². The number of nitrogen functional groups attached to an aromatic ring is 1. The summed E-state index contributed by atoms with van der Waals surface area (Å²) in [6.45, 7) is 1.04. The Morgan fingerprint density at radius 2 is 1.69 bits per heavy atom. The lowest BCUT2D eigenvalue weighted by Crippen LogP contribution is -2.47. The molecule has 0 unspecified atom stereocenters. The average Bonchev–Trinajstić information content (AvgIpc) is 2.81. The zero-order chi connectivity index (χ0) is 19.9. The molecule has 0 aliphatic heterocycles. The van der Waals surface area contributed by atoms with Gasteiger partial charge in [0.1, 0.15) is 5.82 Å². The van der Waals surface area contributed by atoms with Crippen LogP contribution in [0.1, 0.15) is 17.7 Å². The van der Waals surface area contributed by atoms with Crippen molar-refractivity contribution >= 4 is 11.6 Å². The van der Waals surface area contributed by atoms with Crippen molar-refractivity contribution in [1.82, 2.24) is 9.78 Å². The number of nitrogens with two attached hydrogens (primary N) is 1. The number of ketones is 1. The summed E-state index contributed by atoms with van der Waals surface area (Å²) >= 11 is 0. The van der Waals surface area contributed by atoms with E-state index >= 15 is 0 Å². The Morgan fingerprint density at radius 1 is 1.15 bits per heavy atom. The number of para-hydroxylation sites is 1. The van der Waals surface area contributed by atoms with Crippen molar-refractivity contribution in [2.24, 2.45) is 0 Å². The summed E-state index contributed by atoms with van der Waals surface area (Å²) < 4.78 is 78.6. The number of anilines is 1. The van der Waals surface area contributed by atoms with Gasteiger partial charge in [0.25, 0.3) is 0 Å². The van der Waals surface area contributed by atoms with E-state index < -0.39 is 47.2 Å². The van der Waals surface area contributed by atoms with E-state index in [9.17, 15) is 36.2 Å². The third kappa shape index (κ3) is 3.39. The number of carbonyl (C=O) groups is 1. The van der Waals surface area contributed by atoms with E-state index in [1.165, 1.54) is 24.3 Å². The Morgan fingerprint density at radius 3 is 2.15 bits per heavy atom. The number of aryl methyl sites for hydroxylation is 1. The van der Waals surface area contributed by atoms with Crippen LogP contribution < -0.4 is 5.73 Å². The monoisotopic (exact) mass is 381 g/mol. The number of alkyl halides is 6. The average molecular weight is 381 g/mol. The van der Waals surface area contributed by atoms with Gasteiger partial charge >= 0.3 is 12.4 Å². The normalized spacial score (nSPS) is 14.9. The summed E-state index contributed by atoms with van der Waals surface area (Å²) in [5, 5.41) is 13.9. The van der Waals surface area contributed by atoms with Crippen molar-refractivity contribution in [3.05, 3.63) is 41.6 Å². The molecule has 0 bridgehead atoms. The first-order valence-corrected chi connectivity index (χ1v) is 7.09. The molecule has 2 aromatic rings. The Kier molecular flexibility index (Phi) is 4.79. The number of nitrogens with zero attached hydrogens (tertiary/aromatic N) is 2. The summed E-state index contributed by atoms with van der Waals surface area (Å²) in [6, 6.07) is 7.58. The quantitative estimate of drug-likeness (QED) is 0.798. The molecule has 0 radical (unpaired) electrons. The fourth-order valence-corrected chi connectivity index (χ4v) is 2.49. The third-order valence-electron chi connectivity index (χ3n) is 3.71. The lowest BCUT2D eigenvalue weighted by atomic mass is 9.87. The highest BCUT2D eigenvalue weighted by atomic mass is 19.4. The molecule has 2 rings (SSSR count). The Bertz CT molecular complexity index is 813. The summed E-state index contributed by atoms with van der Waals surface area (Å²) in [7, 11) is 0. The summed E-state index contributed by atoms with van der Waals surface area (Å²) in [4.78, 5) is 11.1. The van der Waals surface area contributed by atoms with Gasteiger partial charge < -0.3 is 10.8 Å². The molecule has 0 amide bonds. The van der Waals surface area contributed by atoms with Crippen molar-refractivity contribution in [2.75, 3.05) is 5.73 Å². The number of rotatable bonds is 4. The van der Waals surface area contributed by atoms with Gasteiger partial charge in [-0.15, -0.1) is 0 Å². The molecule has 1 aromatic heterocycles. The molecule has 5 nitrogen and oxygen atoms in total. The van der Waals surface area contributed by atoms with Gasteiger partial charge in [-0.3, -0.25) is 4.79 Å². The number of carbonyl (C=O) groups excluding carboxylic acids is 1. The molecule has 0 spiro atoms. The van der Waals surface area contributed by atoms with E-state index in [-0.39, 0.29) is 5.69 Å². The Hall–Kier alpha value is -2.56. The van der Waals surface area contributed by atoms with Crippen LogP contribution in [-0.4, -0.2) is 33.0 Å². The molecule has 0 aliphatic rings. The summed E-state index contributed by atoms with van der Waals surface area (Å²) in [5.41, 5.74) is 0.193. The number of benzene rings is 1. The molecule has 11 heteroatoms. The molecule has 1 aromatic carbocycles. The van der Waals surface area contributed by atoms with Gasteiger partial charge in [0.2, 0.25) is 5.78 Å². The number of halogens is 6. The van der Waals surface area contributed by atoms with Crippen LogP contribution in [0, 0.1) is 6.92 Å². The highest BCUT2D eigenvalue weighted by Crippen LogP contribution is 2.46. The number of Topliss-reactive ketones (excluding diaryl/α,β-unsaturated/α-hetero) is 1. The minimum Gasteiger partial charge on any atom is -0.383 e. The molecule has 0 saturated carbocycles. The standard InChI is InChI=1S/C15H13F6N3O2/c1-8-11(12(22)24(23-8)9-5-3-2-4-6-9)13(26,15(19,20)21)7-10(25)14(16,17)18/h2-6,26H,7,22H2,1H3/t13-/m0/s1. The van der Waals surface area contributed by atoms with Crippen LogP contribution in [0.5, 0.6) is 0 Å². The zero-order valence-corrected chi connectivity index (χ0v) is 13.2. The minimum absolute atomic E-state index is 0.228. The lowest BCUT2D eigenvalue weighted by molar-refractivity contribution is -0.270. The topological polar surface area (TPSA) is 81.1 Å². The van der Waals surface area contributed by atoms with E-state index in [1.807, 2.05) is 0 Å². The highest BCUT2D eigenvalue weighted by molar-refractivity contribution is 5.85. The predicted octanol–water partition coefficient (Wildman–Crippen LogP) is 3.03. The van der Waals surface area contributed by atoms with Gasteiger partial charge in [0, 0.05) is 0 Å². The maximum atomic E-state index is 13.4. The smallest absolute Gasteiger partial charge is 0.383 e. The van der Waals surface area contributed by atoms with Gasteiger partial charge in [0.15, 0.2) is 5.60 Å². The lowest BCUT2D eigenvalue weighted by Gasteiger charge is -2.30. The Labute approximate surface area is 143 Å². The molecule has 142 valence electrons. The van der Waals surface area contributed by atoms with E-state index in [1.54, 1.807) is 6.07 Å². The fraction of sp³-hybridized carbons (Fsp3) is 0.333. The van der Waals surface area contributed by atoms with Gasteiger partial charge in [-0.25, -0.2) is 4.68 Å². The van der Waals surface area contributed by atoms with Crippen molar-refractivity contribution in [3.8, 4) is 5.69 Å². The number of hydrogen-bond donors (Lipinski definition) is 2. The SMILES string of the molecule is Cc1nn(-c2ccccc2)c(N)c1[C@@](O)(CC(=O)C(F)(F)F)C(F)(F)F. The molecule has 0 aliphatic carbocycles. The van der Waals surface area contributed by atoms with Crippen LogP contribution in [0.2, 0.25) is 0 Å². The predicted molar refractivity (Wildman–Crippen MR) is 78.3 cm³/mol. The van der Waals surface area contributed by atoms with E-state index in [0.717, 1.165) is 11.6 Å². The van der Waals surface area contributed by atoms with E-state index in [0.29, 0.717) is 0 Å². The van der Waals surface area contributed by atoms with Crippen LogP contribution >= 0.6 is 0 Å². The van der Waals surface area contributed by atoms with E-state index in [4.69, 9.17) is 5.73 Å². The largest absolute Gasteiger partial charge is 0.450 e. The molecule has 1 atom stereocenters. The maximum Gasteiger partial charge on any atom is 0.450 e. The molecule has 3 N–H and O–H groups in total. The molecule has 1 heterocycles. The van der Waals surface area contributed by atoms with Gasteiger partial charge in [-0.05, 0) is 19.1 Å². The van der Waals surface area contributed by atoms with Crippen LogP contribution in [0.15, 0.2) is 30.3 Å². The number of hydrogen-bond acceptors (Lipinski definition) is 4. The summed E-state index contributed by atoms with van der Waals surface area (Å²) in [6.07, 6.45) is -13.4. The first kappa shape index (κ1) is 19.8. The van der Waals surface area contributed by atoms with Crippen molar-refractivity contribution in [3.63, 3.8) is 0 Å². The molecule has 0 saturated heterocycles.